The van der Waals surface area contributed by atoms with E-state index in [2.05, 4.69) is 4.98 Å². The first-order valence-corrected chi connectivity index (χ1v) is 5.11. The quantitative estimate of drug-likeness (QED) is 0.735. The van der Waals surface area contributed by atoms with Gasteiger partial charge < -0.3 is 9.47 Å². The molecule has 0 spiro atoms. The molecule has 0 saturated carbocycles. The second-order valence-corrected chi connectivity index (χ2v) is 4.45. The Morgan fingerprint density at radius 3 is 2.50 bits per heavy atom. The van der Waals surface area contributed by atoms with E-state index in [1.165, 1.54) is 0 Å². The molecule has 0 aliphatic carbocycles. The predicted octanol–water partition coefficient (Wildman–Crippen LogP) is 1.97. The molecule has 0 aliphatic heterocycles. The van der Waals surface area contributed by atoms with Crippen LogP contribution in [0.2, 0.25) is 0 Å². The van der Waals surface area contributed by atoms with Crippen LogP contribution in [0.5, 0.6) is 5.75 Å². The molecule has 1 rings (SSSR count). The molecule has 1 heterocycles. The van der Waals surface area contributed by atoms with Crippen molar-refractivity contribution in [3.8, 4) is 5.75 Å². The third-order valence-electron chi connectivity index (χ3n) is 1.78. The molecule has 0 amide bonds. The molecular formula is C12H17NO3. The fourth-order valence-electron chi connectivity index (χ4n) is 1.16. The van der Waals surface area contributed by atoms with Gasteiger partial charge in [-0.15, -0.1) is 0 Å². The summed E-state index contributed by atoms with van der Waals surface area (Å²) in [5.41, 5.74) is 0.221. The number of pyridine rings is 1. The van der Waals surface area contributed by atoms with E-state index in [0.29, 0.717) is 11.4 Å². The zero-order chi connectivity index (χ0) is 12.2. The lowest BCUT2D eigenvalue weighted by Gasteiger charge is -2.19. The van der Waals surface area contributed by atoms with Gasteiger partial charge in [0.1, 0.15) is 11.4 Å². The topological polar surface area (TPSA) is 48.4 Å². The van der Waals surface area contributed by atoms with E-state index < -0.39 is 5.60 Å². The van der Waals surface area contributed by atoms with Crippen molar-refractivity contribution in [2.75, 3.05) is 7.11 Å². The monoisotopic (exact) mass is 223 g/mol. The van der Waals surface area contributed by atoms with E-state index in [0.717, 1.165) is 0 Å². The van der Waals surface area contributed by atoms with Crippen molar-refractivity contribution in [2.45, 2.75) is 32.8 Å². The summed E-state index contributed by atoms with van der Waals surface area (Å²) in [6.45, 7) is 5.52. The standard InChI is InChI=1S/C12H17NO3/c1-12(2,3)16-11(14)7-9-5-6-10(15-4)8-13-9/h5-6,8H,7H2,1-4H3. The van der Waals surface area contributed by atoms with Crippen LogP contribution < -0.4 is 4.74 Å². The van der Waals surface area contributed by atoms with E-state index in [4.69, 9.17) is 9.47 Å². The Bertz CT molecular complexity index is 352. The van der Waals surface area contributed by atoms with Crippen molar-refractivity contribution in [3.05, 3.63) is 24.0 Å². The first-order chi connectivity index (χ1) is 7.40. The summed E-state index contributed by atoms with van der Waals surface area (Å²) >= 11 is 0. The lowest BCUT2D eigenvalue weighted by molar-refractivity contribution is -0.153. The average molecular weight is 223 g/mol. The smallest absolute Gasteiger partial charge is 0.312 e. The Labute approximate surface area is 95.6 Å². The minimum Gasteiger partial charge on any atom is -0.495 e. The zero-order valence-corrected chi connectivity index (χ0v) is 10.1. The molecule has 0 aromatic carbocycles. The summed E-state index contributed by atoms with van der Waals surface area (Å²) in [7, 11) is 1.57. The zero-order valence-electron chi connectivity index (χ0n) is 10.1. The minimum atomic E-state index is -0.455. The highest BCUT2D eigenvalue weighted by Crippen LogP contribution is 2.11. The van der Waals surface area contributed by atoms with E-state index in [1.807, 2.05) is 20.8 Å². The number of carbonyl (C=O) groups excluding carboxylic acids is 1. The summed E-state index contributed by atoms with van der Waals surface area (Å²) < 4.78 is 10.2. The Morgan fingerprint density at radius 2 is 2.06 bits per heavy atom. The van der Waals surface area contributed by atoms with Gasteiger partial charge in [-0.1, -0.05) is 0 Å². The maximum absolute atomic E-state index is 11.5. The van der Waals surface area contributed by atoms with Crippen molar-refractivity contribution in [3.63, 3.8) is 0 Å². The van der Waals surface area contributed by atoms with Crippen LogP contribution in [0.3, 0.4) is 0 Å². The molecule has 1 aromatic heterocycles. The van der Waals surface area contributed by atoms with E-state index in [1.54, 1.807) is 25.4 Å². The van der Waals surface area contributed by atoms with Crippen LogP contribution in [0.4, 0.5) is 0 Å². The molecule has 0 saturated heterocycles. The van der Waals surface area contributed by atoms with Crippen molar-refractivity contribution < 1.29 is 14.3 Å². The largest absolute Gasteiger partial charge is 0.495 e. The molecule has 0 aliphatic rings. The second kappa shape index (κ2) is 4.96. The highest BCUT2D eigenvalue weighted by atomic mass is 16.6. The maximum atomic E-state index is 11.5. The van der Waals surface area contributed by atoms with Crippen LogP contribution in [-0.4, -0.2) is 23.7 Å². The first-order valence-electron chi connectivity index (χ1n) is 5.11. The molecular weight excluding hydrogens is 206 g/mol. The van der Waals surface area contributed by atoms with Crippen LogP contribution in [0.15, 0.2) is 18.3 Å². The Morgan fingerprint density at radius 1 is 1.38 bits per heavy atom. The fraction of sp³-hybridized carbons (Fsp3) is 0.500. The molecule has 0 atom stereocenters. The van der Waals surface area contributed by atoms with Gasteiger partial charge in [0.2, 0.25) is 0 Å². The SMILES string of the molecule is COc1ccc(CC(=O)OC(C)(C)C)nc1. The van der Waals surface area contributed by atoms with Gasteiger partial charge in [0.15, 0.2) is 0 Å². The number of ether oxygens (including phenoxy) is 2. The van der Waals surface area contributed by atoms with Gasteiger partial charge in [-0.2, -0.15) is 0 Å². The van der Waals surface area contributed by atoms with Gasteiger partial charge >= 0.3 is 5.97 Å². The third kappa shape index (κ3) is 4.29. The van der Waals surface area contributed by atoms with Crippen molar-refractivity contribution in [1.29, 1.82) is 0 Å². The Balaban J connectivity index is 2.56. The summed E-state index contributed by atoms with van der Waals surface area (Å²) in [6.07, 6.45) is 1.76. The average Bonchev–Trinajstić information content (AvgIpc) is 2.16. The van der Waals surface area contributed by atoms with Crippen molar-refractivity contribution >= 4 is 5.97 Å². The highest BCUT2D eigenvalue weighted by molar-refractivity contribution is 5.72. The fourth-order valence-corrected chi connectivity index (χ4v) is 1.16. The number of aromatic nitrogens is 1. The Kier molecular flexibility index (Phi) is 3.88. The van der Waals surface area contributed by atoms with Gasteiger partial charge in [-0.05, 0) is 32.9 Å². The van der Waals surface area contributed by atoms with Gasteiger partial charge in [-0.3, -0.25) is 9.78 Å². The first kappa shape index (κ1) is 12.5. The summed E-state index contributed by atoms with van der Waals surface area (Å²) in [5.74, 6) is 0.401. The second-order valence-electron chi connectivity index (χ2n) is 4.45. The molecule has 0 fully saturated rings. The highest BCUT2D eigenvalue weighted by Gasteiger charge is 2.16. The maximum Gasteiger partial charge on any atom is 0.312 e. The number of carbonyl (C=O) groups is 1. The minimum absolute atomic E-state index is 0.182. The van der Waals surface area contributed by atoms with Crippen LogP contribution in [0.1, 0.15) is 26.5 Å². The molecule has 1 aromatic rings. The molecule has 0 unspecified atom stereocenters. The summed E-state index contributed by atoms with van der Waals surface area (Å²) in [6, 6.07) is 3.52. The summed E-state index contributed by atoms with van der Waals surface area (Å²) in [5, 5.41) is 0. The van der Waals surface area contributed by atoms with Crippen molar-refractivity contribution in [2.24, 2.45) is 0 Å². The predicted molar refractivity (Wildman–Crippen MR) is 60.3 cm³/mol. The van der Waals surface area contributed by atoms with Crippen LogP contribution in [0, 0.1) is 0 Å². The third-order valence-corrected chi connectivity index (χ3v) is 1.78. The van der Waals surface area contributed by atoms with E-state index in [-0.39, 0.29) is 12.4 Å². The lowest BCUT2D eigenvalue weighted by Crippen LogP contribution is -2.25. The molecule has 0 radical (unpaired) electrons. The lowest BCUT2D eigenvalue weighted by atomic mass is 10.2. The number of nitrogens with zero attached hydrogens (tertiary/aromatic N) is 1. The van der Waals surface area contributed by atoms with Gasteiger partial charge in [0.05, 0.1) is 25.4 Å². The molecule has 4 nitrogen and oxygen atoms in total. The number of hydrogen-bond acceptors (Lipinski definition) is 4. The van der Waals surface area contributed by atoms with E-state index >= 15 is 0 Å². The number of rotatable bonds is 3. The van der Waals surface area contributed by atoms with Crippen LogP contribution >= 0.6 is 0 Å². The molecule has 0 N–H and O–H groups in total. The van der Waals surface area contributed by atoms with Crippen molar-refractivity contribution in [1.82, 2.24) is 4.98 Å². The number of hydrogen-bond donors (Lipinski definition) is 0. The number of esters is 1. The molecule has 4 heteroatoms. The molecule has 88 valence electrons. The van der Waals surface area contributed by atoms with Gasteiger partial charge in [0, 0.05) is 0 Å². The number of methoxy groups -OCH3 is 1. The van der Waals surface area contributed by atoms with Crippen LogP contribution in [-0.2, 0) is 16.0 Å². The van der Waals surface area contributed by atoms with Gasteiger partial charge in [-0.25, -0.2) is 0 Å². The van der Waals surface area contributed by atoms with E-state index in [9.17, 15) is 4.79 Å². The van der Waals surface area contributed by atoms with Gasteiger partial charge in [0.25, 0.3) is 0 Å². The summed E-state index contributed by atoms with van der Waals surface area (Å²) in [4.78, 5) is 15.6. The Hall–Kier alpha value is -1.58. The normalized spacial score (nSPS) is 11.0. The van der Waals surface area contributed by atoms with Crippen LogP contribution in [0.25, 0.3) is 0 Å². The molecule has 0 bridgehead atoms. The molecule has 16 heavy (non-hydrogen) atoms.